The van der Waals surface area contributed by atoms with E-state index in [0.717, 1.165) is 20.1 Å². The second-order valence-corrected chi connectivity index (χ2v) is 6.88. The van der Waals surface area contributed by atoms with Crippen molar-refractivity contribution in [2.75, 3.05) is 0 Å². The van der Waals surface area contributed by atoms with E-state index in [9.17, 15) is 0 Å². The third-order valence-electron chi connectivity index (χ3n) is 3.19. The second-order valence-electron chi connectivity index (χ2n) is 4.64. The Labute approximate surface area is 135 Å². The van der Waals surface area contributed by atoms with Crippen LogP contribution < -0.4 is 5.73 Å². The molecule has 4 heteroatoms. The molecule has 0 radical (unpaired) electrons. The van der Waals surface area contributed by atoms with Crippen LogP contribution in [0.4, 0.5) is 0 Å². The Bertz CT molecular complexity index is 606. The fourth-order valence-corrected chi connectivity index (χ4v) is 3.64. The maximum atomic E-state index is 6.35. The van der Waals surface area contributed by atoms with E-state index < -0.39 is 0 Å². The number of halogens is 3. The molecule has 1 atom stereocenters. The summed E-state index contributed by atoms with van der Waals surface area (Å²) in [5, 5.41) is 0.715. The van der Waals surface area contributed by atoms with E-state index in [0.29, 0.717) is 5.02 Å². The minimum atomic E-state index is -0.236. The molecule has 1 unspecified atom stereocenters. The molecule has 0 amide bonds. The lowest BCUT2D eigenvalue weighted by Gasteiger charge is -2.17. The quantitative estimate of drug-likeness (QED) is 0.701. The van der Waals surface area contributed by atoms with E-state index in [4.69, 9.17) is 17.3 Å². The minimum absolute atomic E-state index is 0.236. The fraction of sp³-hybridized carbons (Fsp3) is 0.200. The first-order chi connectivity index (χ1) is 8.88. The second kappa shape index (κ2) is 5.96. The molecule has 1 nitrogen and oxygen atoms in total. The number of hydrogen-bond donors (Lipinski definition) is 1. The largest absolute Gasteiger partial charge is 0.320 e. The zero-order valence-electron chi connectivity index (χ0n) is 10.7. The van der Waals surface area contributed by atoms with E-state index >= 15 is 0 Å². The fourth-order valence-electron chi connectivity index (χ4n) is 1.98. The van der Waals surface area contributed by atoms with E-state index in [1.807, 2.05) is 31.2 Å². The molecular formula is C15H14Br2ClN. The predicted molar refractivity (Wildman–Crippen MR) is 88.8 cm³/mol. The number of hydrogen-bond acceptors (Lipinski definition) is 1. The highest BCUT2D eigenvalue weighted by molar-refractivity contribution is 9.11. The van der Waals surface area contributed by atoms with Crippen LogP contribution in [0, 0.1) is 13.8 Å². The molecule has 2 rings (SSSR count). The van der Waals surface area contributed by atoms with Gasteiger partial charge in [0.05, 0.1) is 6.04 Å². The van der Waals surface area contributed by atoms with Crippen molar-refractivity contribution in [1.29, 1.82) is 0 Å². The van der Waals surface area contributed by atoms with Gasteiger partial charge in [0.2, 0.25) is 0 Å². The Balaban J connectivity index is 2.49. The van der Waals surface area contributed by atoms with Gasteiger partial charge in [-0.1, -0.05) is 49.5 Å². The monoisotopic (exact) mass is 401 g/mol. The molecule has 0 aliphatic carbocycles. The Kier molecular flexibility index (Phi) is 4.72. The highest BCUT2D eigenvalue weighted by Crippen LogP contribution is 2.31. The summed E-state index contributed by atoms with van der Waals surface area (Å²) < 4.78 is 1.99. The van der Waals surface area contributed by atoms with Crippen LogP contribution in [0.1, 0.15) is 28.3 Å². The first-order valence-electron chi connectivity index (χ1n) is 5.86. The highest BCUT2D eigenvalue weighted by atomic mass is 79.9. The van der Waals surface area contributed by atoms with Crippen LogP contribution in [0.2, 0.25) is 5.02 Å². The molecule has 0 spiro atoms. The number of nitrogens with two attached hydrogens (primary N) is 1. The molecule has 0 aromatic heterocycles. The van der Waals surface area contributed by atoms with Gasteiger partial charge in [0.1, 0.15) is 0 Å². The molecule has 0 aliphatic rings. The van der Waals surface area contributed by atoms with E-state index in [1.54, 1.807) is 0 Å². The van der Waals surface area contributed by atoms with E-state index in [1.165, 1.54) is 11.1 Å². The van der Waals surface area contributed by atoms with Crippen molar-refractivity contribution in [1.82, 2.24) is 0 Å². The maximum absolute atomic E-state index is 6.35. The summed E-state index contributed by atoms with van der Waals surface area (Å²) in [4.78, 5) is 0. The average Bonchev–Trinajstić information content (AvgIpc) is 2.31. The van der Waals surface area contributed by atoms with Gasteiger partial charge in [0.15, 0.2) is 0 Å². The number of rotatable bonds is 2. The van der Waals surface area contributed by atoms with Gasteiger partial charge in [-0.3, -0.25) is 0 Å². The first kappa shape index (κ1) is 15.0. The van der Waals surface area contributed by atoms with Crippen LogP contribution in [-0.4, -0.2) is 0 Å². The van der Waals surface area contributed by atoms with Crippen molar-refractivity contribution < 1.29 is 0 Å². The SMILES string of the molecule is Cc1cc(Cl)c(C(N)c2cc(Br)cc(Br)c2)cc1C. The zero-order chi connectivity index (χ0) is 14.2. The Hall–Kier alpha value is -0.350. The first-order valence-corrected chi connectivity index (χ1v) is 7.83. The van der Waals surface area contributed by atoms with Gasteiger partial charge in [-0.25, -0.2) is 0 Å². The third kappa shape index (κ3) is 3.40. The molecule has 0 bridgehead atoms. The van der Waals surface area contributed by atoms with Gasteiger partial charge >= 0.3 is 0 Å². The zero-order valence-corrected chi connectivity index (χ0v) is 14.6. The molecule has 2 aromatic carbocycles. The molecule has 2 N–H and O–H groups in total. The van der Waals surface area contributed by atoms with Gasteiger partial charge in [-0.05, 0) is 60.4 Å². The van der Waals surface area contributed by atoms with Crippen LogP contribution in [0.15, 0.2) is 39.3 Å². The molecule has 19 heavy (non-hydrogen) atoms. The molecule has 0 saturated heterocycles. The highest BCUT2D eigenvalue weighted by Gasteiger charge is 2.14. The van der Waals surface area contributed by atoms with Crippen molar-refractivity contribution in [3.8, 4) is 0 Å². The molecule has 0 heterocycles. The molecule has 0 fully saturated rings. The lowest BCUT2D eigenvalue weighted by atomic mass is 9.96. The van der Waals surface area contributed by atoms with Crippen molar-refractivity contribution in [2.24, 2.45) is 5.73 Å². The van der Waals surface area contributed by atoms with Crippen molar-refractivity contribution in [3.63, 3.8) is 0 Å². The summed E-state index contributed by atoms with van der Waals surface area (Å²) >= 11 is 13.3. The molecule has 0 saturated carbocycles. The van der Waals surface area contributed by atoms with Gasteiger partial charge in [0.25, 0.3) is 0 Å². The molecule has 100 valence electrons. The molecule has 2 aromatic rings. The van der Waals surface area contributed by atoms with Crippen LogP contribution in [-0.2, 0) is 0 Å². The third-order valence-corrected chi connectivity index (χ3v) is 4.44. The molecule has 0 aliphatic heterocycles. The topological polar surface area (TPSA) is 26.0 Å². The summed E-state index contributed by atoms with van der Waals surface area (Å²) in [6.07, 6.45) is 0. The Morgan fingerprint density at radius 3 is 2.05 bits per heavy atom. The smallest absolute Gasteiger partial charge is 0.0567 e. The minimum Gasteiger partial charge on any atom is -0.320 e. The normalized spacial score (nSPS) is 12.5. The number of aryl methyl sites for hydroxylation is 2. The van der Waals surface area contributed by atoms with Gasteiger partial charge in [-0.2, -0.15) is 0 Å². The van der Waals surface area contributed by atoms with Gasteiger partial charge in [0, 0.05) is 14.0 Å². The van der Waals surface area contributed by atoms with Crippen molar-refractivity contribution in [3.05, 3.63) is 66.6 Å². The van der Waals surface area contributed by atoms with E-state index in [-0.39, 0.29) is 6.04 Å². The average molecular weight is 404 g/mol. The predicted octanol–water partition coefficient (Wildman–Crippen LogP) is 5.53. The Morgan fingerprint density at radius 1 is 0.947 bits per heavy atom. The lowest BCUT2D eigenvalue weighted by molar-refractivity contribution is 0.867. The summed E-state index contributed by atoms with van der Waals surface area (Å²) in [6, 6.07) is 9.82. The Morgan fingerprint density at radius 2 is 1.47 bits per heavy atom. The van der Waals surface area contributed by atoms with Crippen molar-refractivity contribution in [2.45, 2.75) is 19.9 Å². The van der Waals surface area contributed by atoms with Crippen LogP contribution in [0.25, 0.3) is 0 Å². The molecular weight excluding hydrogens is 389 g/mol. The summed E-state index contributed by atoms with van der Waals surface area (Å²) in [5.41, 5.74) is 10.7. The standard InChI is InChI=1S/C15H14Br2ClN/c1-8-3-13(14(18)4-9(8)2)15(19)10-5-11(16)7-12(17)6-10/h3-7,15H,19H2,1-2H3. The summed E-state index contributed by atoms with van der Waals surface area (Å²) in [5.74, 6) is 0. The summed E-state index contributed by atoms with van der Waals surface area (Å²) in [7, 11) is 0. The van der Waals surface area contributed by atoms with E-state index in [2.05, 4.69) is 44.8 Å². The van der Waals surface area contributed by atoms with Crippen LogP contribution in [0.3, 0.4) is 0 Å². The number of benzene rings is 2. The van der Waals surface area contributed by atoms with Gasteiger partial charge < -0.3 is 5.73 Å². The van der Waals surface area contributed by atoms with Gasteiger partial charge in [-0.15, -0.1) is 0 Å². The van der Waals surface area contributed by atoms with Crippen LogP contribution in [0.5, 0.6) is 0 Å². The van der Waals surface area contributed by atoms with Crippen molar-refractivity contribution >= 4 is 43.5 Å². The summed E-state index contributed by atoms with van der Waals surface area (Å²) in [6.45, 7) is 4.12. The lowest BCUT2D eigenvalue weighted by Crippen LogP contribution is -2.13. The maximum Gasteiger partial charge on any atom is 0.0567 e. The van der Waals surface area contributed by atoms with Crippen LogP contribution >= 0.6 is 43.5 Å².